The SMILES string of the molecule is COC(=O)[C@H]1CC=CC[C@@]12CCC[C@]2(C)O. The minimum absolute atomic E-state index is 0.175. The Morgan fingerprint density at radius 1 is 1.44 bits per heavy atom. The molecule has 90 valence electrons. The molecule has 0 amide bonds. The van der Waals surface area contributed by atoms with Crippen LogP contribution >= 0.6 is 0 Å². The number of esters is 1. The molecule has 3 nitrogen and oxygen atoms in total. The van der Waals surface area contributed by atoms with Crippen LogP contribution in [0.2, 0.25) is 0 Å². The Morgan fingerprint density at radius 2 is 2.19 bits per heavy atom. The maximum atomic E-state index is 11.8. The van der Waals surface area contributed by atoms with E-state index in [1.165, 1.54) is 7.11 Å². The molecular formula is C13H20O3. The van der Waals surface area contributed by atoms with Crippen molar-refractivity contribution >= 4 is 5.97 Å². The molecule has 0 radical (unpaired) electrons. The van der Waals surface area contributed by atoms with Crippen LogP contribution in [0.5, 0.6) is 0 Å². The molecule has 3 heteroatoms. The third-order valence-electron chi connectivity index (χ3n) is 4.53. The summed E-state index contributed by atoms with van der Waals surface area (Å²) in [6, 6.07) is 0. The maximum Gasteiger partial charge on any atom is 0.309 e. The molecule has 1 fully saturated rings. The van der Waals surface area contributed by atoms with Gasteiger partial charge >= 0.3 is 5.97 Å². The van der Waals surface area contributed by atoms with Gasteiger partial charge in [0, 0.05) is 5.41 Å². The Kier molecular flexibility index (Phi) is 2.82. The van der Waals surface area contributed by atoms with Crippen molar-refractivity contribution in [2.75, 3.05) is 7.11 Å². The number of hydrogen-bond acceptors (Lipinski definition) is 3. The summed E-state index contributed by atoms with van der Waals surface area (Å²) in [6.45, 7) is 1.87. The van der Waals surface area contributed by atoms with E-state index in [0.29, 0.717) is 6.42 Å². The van der Waals surface area contributed by atoms with Gasteiger partial charge < -0.3 is 9.84 Å². The summed E-state index contributed by atoms with van der Waals surface area (Å²) in [6.07, 6.45) is 8.32. The quantitative estimate of drug-likeness (QED) is 0.547. The zero-order valence-corrected chi connectivity index (χ0v) is 10.0. The lowest BCUT2D eigenvalue weighted by Gasteiger charge is -2.45. The molecular weight excluding hydrogens is 204 g/mol. The van der Waals surface area contributed by atoms with Gasteiger partial charge in [0.15, 0.2) is 0 Å². The van der Waals surface area contributed by atoms with Crippen molar-refractivity contribution in [3.05, 3.63) is 12.2 Å². The summed E-state index contributed by atoms with van der Waals surface area (Å²) in [7, 11) is 1.43. The summed E-state index contributed by atoms with van der Waals surface area (Å²) in [5.41, 5.74) is -1.04. The second-order valence-electron chi connectivity index (χ2n) is 5.27. The Hall–Kier alpha value is -0.830. The molecule has 16 heavy (non-hydrogen) atoms. The lowest BCUT2D eigenvalue weighted by Crippen LogP contribution is -2.50. The van der Waals surface area contributed by atoms with Crippen molar-refractivity contribution in [2.45, 2.75) is 44.6 Å². The predicted molar refractivity (Wildman–Crippen MR) is 60.8 cm³/mol. The Labute approximate surface area is 96.5 Å². The predicted octanol–water partition coefficient (Wildman–Crippen LogP) is 2.05. The molecule has 0 aliphatic heterocycles. The van der Waals surface area contributed by atoms with Crippen molar-refractivity contribution in [3.63, 3.8) is 0 Å². The minimum Gasteiger partial charge on any atom is -0.469 e. The highest BCUT2D eigenvalue weighted by atomic mass is 16.5. The molecule has 0 bridgehead atoms. The summed E-state index contributed by atoms with van der Waals surface area (Å²) in [5, 5.41) is 10.5. The Balaban J connectivity index is 2.36. The van der Waals surface area contributed by atoms with Gasteiger partial charge in [-0.2, -0.15) is 0 Å². The molecule has 1 saturated carbocycles. The summed E-state index contributed by atoms with van der Waals surface area (Å²) in [4.78, 5) is 11.8. The number of rotatable bonds is 1. The number of ether oxygens (including phenoxy) is 1. The van der Waals surface area contributed by atoms with Gasteiger partial charge in [0.25, 0.3) is 0 Å². The average Bonchev–Trinajstić information content (AvgIpc) is 2.55. The zero-order chi connectivity index (χ0) is 11.8. The van der Waals surface area contributed by atoms with Crippen molar-refractivity contribution in [2.24, 2.45) is 11.3 Å². The first-order valence-corrected chi connectivity index (χ1v) is 5.99. The molecule has 0 saturated heterocycles. The third kappa shape index (κ3) is 1.49. The number of aliphatic hydroxyl groups is 1. The molecule has 1 spiro atoms. The zero-order valence-electron chi connectivity index (χ0n) is 10.0. The van der Waals surface area contributed by atoms with E-state index >= 15 is 0 Å². The highest BCUT2D eigenvalue weighted by Crippen LogP contribution is 2.56. The largest absolute Gasteiger partial charge is 0.469 e. The van der Waals surface area contributed by atoms with E-state index in [9.17, 15) is 9.90 Å². The van der Waals surface area contributed by atoms with Crippen LogP contribution in [0, 0.1) is 11.3 Å². The van der Waals surface area contributed by atoms with Crippen LogP contribution in [0.25, 0.3) is 0 Å². The summed E-state index contributed by atoms with van der Waals surface area (Å²) >= 11 is 0. The van der Waals surface area contributed by atoms with Gasteiger partial charge in [-0.15, -0.1) is 0 Å². The van der Waals surface area contributed by atoms with E-state index in [2.05, 4.69) is 6.08 Å². The molecule has 0 aromatic carbocycles. The van der Waals surface area contributed by atoms with E-state index < -0.39 is 5.60 Å². The molecule has 0 heterocycles. The van der Waals surface area contributed by atoms with Gasteiger partial charge in [-0.05, 0) is 39.0 Å². The number of carbonyl (C=O) groups excluding carboxylic acids is 1. The maximum absolute atomic E-state index is 11.8. The van der Waals surface area contributed by atoms with Gasteiger partial charge in [-0.3, -0.25) is 4.79 Å². The van der Waals surface area contributed by atoms with Crippen molar-refractivity contribution in [1.82, 2.24) is 0 Å². The lowest BCUT2D eigenvalue weighted by molar-refractivity contribution is -0.160. The normalized spacial score (nSPS) is 42.6. The number of allylic oxidation sites excluding steroid dienone is 2. The standard InChI is InChI=1S/C13H20O3/c1-12(15)7-5-9-13(12)8-4-3-6-10(13)11(14)16-2/h3-4,10,15H,5-9H2,1-2H3/t10-,12+,13-/m1/s1. The molecule has 2 aliphatic carbocycles. The van der Waals surface area contributed by atoms with Crippen molar-refractivity contribution in [1.29, 1.82) is 0 Å². The number of methoxy groups -OCH3 is 1. The van der Waals surface area contributed by atoms with Crippen LogP contribution in [0.15, 0.2) is 12.2 Å². The molecule has 0 aromatic heterocycles. The van der Waals surface area contributed by atoms with Gasteiger partial charge in [0.2, 0.25) is 0 Å². The fourth-order valence-electron chi connectivity index (χ4n) is 3.50. The fourth-order valence-corrected chi connectivity index (χ4v) is 3.50. The number of carbonyl (C=O) groups is 1. The van der Waals surface area contributed by atoms with E-state index in [0.717, 1.165) is 25.7 Å². The van der Waals surface area contributed by atoms with Gasteiger partial charge in [-0.1, -0.05) is 12.2 Å². The van der Waals surface area contributed by atoms with Crippen LogP contribution in [0.4, 0.5) is 0 Å². The molecule has 0 unspecified atom stereocenters. The van der Waals surface area contributed by atoms with E-state index in [-0.39, 0.29) is 17.3 Å². The van der Waals surface area contributed by atoms with E-state index in [4.69, 9.17) is 4.74 Å². The van der Waals surface area contributed by atoms with E-state index in [1.807, 2.05) is 13.0 Å². The van der Waals surface area contributed by atoms with Crippen molar-refractivity contribution in [3.8, 4) is 0 Å². The van der Waals surface area contributed by atoms with Crippen LogP contribution in [-0.2, 0) is 9.53 Å². The van der Waals surface area contributed by atoms with Gasteiger partial charge in [-0.25, -0.2) is 0 Å². The second kappa shape index (κ2) is 3.88. The van der Waals surface area contributed by atoms with Crippen LogP contribution in [0.3, 0.4) is 0 Å². The monoisotopic (exact) mass is 224 g/mol. The number of hydrogen-bond donors (Lipinski definition) is 1. The first-order valence-electron chi connectivity index (χ1n) is 5.99. The first kappa shape index (κ1) is 11.6. The smallest absolute Gasteiger partial charge is 0.309 e. The molecule has 2 rings (SSSR count). The molecule has 1 N–H and O–H groups in total. The fraction of sp³-hybridized carbons (Fsp3) is 0.769. The Morgan fingerprint density at radius 3 is 2.75 bits per heavy atom. The lowest BCUT2D eigenvalue weighted by atomic mass is 9.61. The molecule has 2 aliphatic rings. The second-order valence-corrected chi connectivity index (χ2v) is 5.27. The van der Waals surface area contributed by atoms with Crippen LogP contribution in [-0.4, -0.2) is 23.8 Å². The first-order chi connectivity index (χ1) is 7.53. The summed E-state index contributed by atoms with van der Waals surface area (Å²) in [5.74, 6) is -0.355. The molecule has 0 aromatic rings. The van der Waals surface area contributed by atoms with E-state index in [1.54, 1.807) is 0 Å². The van der Waals surface area contributed by atoms with Crippen LogP contribution < -0.4 is 0 Å². The van der Waals surface area contributed by atoms with Crippen LogP contribution in [0.1, 0.15) is 39.0 Å². The summed E-state index contributed by atoms with van der Waals surface area (Å²) < 4.78 is 4.89. The van der Waals surface area contributed by atoms with Gasteiger partial charge in [0.05, 0.1) is 18.6 Å². The molecule has 3 atom stereocenters. The minimum atomic E-state index is -0.739. The van der Waals surface area contributed by atoms with Crippen molar-refractivity contribution < 1.29 is 14.6 Å². The Bertz CT molecular complexity index is 319. The highest BCUT2D eigenvalue weighted by molar-refractivity contribution is 5.74. The average molecular weight is 224 g/mol. The van der Waals surface area contributed by atoms with Gasteiger partial charge in [0.1, 0.15) is 0 Å². The topological polar surface area (TPSA) is 46.5 Å². The highest BCUT2D eigenvalue weighted by Gasteiger charge is 2.57. The third-order valence-corrected chi connectivity index (χ3v) is 4.53.